The summed E-state index contributed by atoms with van der Waals surface area (Å²) >= 11 is 1.29. The summed E-state index contributed by atoms with van der Waals surface area (Å²) in [6.07, 6.45) is 0. The van der Waals surface area contributed by atoms with Crippen molar-refractivity contribution in [2.75, 3.05) is 19.0 Å². The first-order valence-electron chi connectivity index (χ1n) is 9.85. The summed E-state index contributed by atoms with van der Waals surface area (Å²) in [6, 6.07) is 22.9. The van der Waals surface area contributed by atoms with Crippen LogP contribution in [0.4, 0.5) is 5.69 Å². The quantitative estimate of drug-likeness (QED) is 0.380. The van der Waals surface area contributed by atoms with E-state index in [0.717, 1.165) is 21.2 Å². The van der Waals surface area contributed by atoms with Crippen LogP contribution < -0.4 is 10.1 Å². The van der Waals surface area contributed by atoms with E-state index in [1.807, 2.05) is 60.7 Å². The van der Waals surface area contributed by atoms with Gasteiger partial charge in [0.2, 0.25) is 0 Å². The average Bonchev–Trinajstić information content (AvgIpc) is 3.22. The molecule has 0 saturated heterocycles. The van der Waals surface area contributed by atoms with Gasteiger partial charge in [-0.15, -0.1) is 11.3 Å². The fraction of sp³-hybridized carbons (Fsp3) is 0.120. The Balaban J connectivity index is 1.73. The Morgan fingerprint density at radius 2 is 1.61 bits per heavy atom. The standard InChI is InChI=1S/C25H21NO4S/c1-3-30-25(28)23-20(15-22(31-23)16-9-5-4-6-10-16)26-24(27)19-13-17-11-7-8-12-18(17)14-21(19)29-2/h4-15H,3H2,1-2H3,(H,26,27). The van der Waals surface area contributed by atoms with Gasteiger partial charge in [0.15, 0.2) is 0 Å². The summed E-state index contributed by atoms with van der Waals surface area (Å²) in [7, 11) is 1.53. The molecule has 31 heavy (non-hydrogen) atoms. The number of fused-ring (bicyclic) bond motifs is 1. The van der Waals surface area contributed by atoms with Crippen molar-refractivity contribution in [3.05, 3.63) is 83.2 Å². The molecular weight excluding hydrogens is 410 g/mol. The molecule has 0 aliphatic rings. The zero-order valence-corrected chi connectivity index (χ0v) is 18.0. The van der Waals surface area contributed by atoms with Gasteiger partial charge in [0.1, 0.15) is 10.6 Å². The van der Waals surface area contributed by atoms with Crippen molar-refractivity contribution < 1.29 is 19.1 Å². The zero-order valence-electron chi connectivity index (χ0n) is 17.2. The molecule has 3 aromatic carbocycles. The van der Waals surface area contributed by atoms with Crippen LogP contribution in [0.1, 0.15) is 27.0 Å². The van der Waals surface area contributed by atoms with Crippen LogP contribution in [0.5, 0.6) is 5.75 Å². The van der Waals surface area contributed by atoms with E-state index in [1.165, 1.54) is 18.4 Å². The van der Waals surface area contributed by atoms with Crippen molar-refractivity contribution in [3.8, 4) is 16.2 Å². The number of rotatable bonds is 6. The molecule has 0 atom stereocenters. The Labute approximate surface area is 184 Å². The van der Waals surface area contributed by atoms with E-state index in [2.05, 4.69) is 5.32 Å². The van der Waals surface area contributed by atoms with Crippen molar-refractivity contribution in [3.63, 3.8) is 0 Å². The Morgan fingerprint density at radius 1 is 0.935 bits per heavy atom. The lowest BCUT2D eigenvalue weighted by Crippen LogP contribution is -2.15. The number of benzene rings is 3. The number of methoxy groups -OCH3 is 1. The van der Waals surface area contributed by atoms with E-state index >= 15 is 0 Å². The summed E-state index contributed by atoms with van der Waals surface area (Å²) in [4.78, 5) is 26.9. The smallest absolute Gasteiger partial charge is 0.350 e. The molecule has 0 fully saturated rings. The Morgan fingerprint density at radius 3 is 2.29 bits per heavy atom. The van der Waals surface area contributed by atoms with E-state index < -0.39 is 5.97 Å². The van der Waals surface area contributed by atoms with Crippen molar-refractivity contribution in [1.82, 2.24) is 0 Å². The minimum Gasteiger partial charge on any atom is -0.496 e. The summed E-state index contributed by atoms with van der Waals surface area (Å²) < 4.78 is 10.7. The molecule has 1 aromatic heterocycles. The number of thiophene rings is 1. The topological polar surface area (TPSA) is 64.6 Å². The third-order valence-electron chi connectivity index (χ3n) is 4.81. The molecular formula is C25H21NO4S. The fourth-order valence-electron chi connectivity index (χ4n) is 3.33. The monoisotopic (exact) mass is 431 g/mol. The Hall–Kier alpha value is -3.64. The van der Waals surface area contributed by atoms with Gasteiger partial charge in [-0.3, -0.25) is 4.79 Å². The normalized spacial score (nSPS) is 10.6. The third-order valence-corrected chi connectivity index (χ3v) is 5.98. The minimum absolute atomic E-state index is 0.253. The molecule has 0 unspecified atom stereocenters. The number of hydrogen-bond donors (Lipinski definition) is 1. The SMILES string of the molecule is CCOC(=O)c1sc(-c2ccccc2)cc1NC(=O)c1cc2ccccc2cc1OC. The number of carbonyl (C=O) groups excluding carboxylic acids is 2. The largest absolute Gasteiger partial charge is 0.496 e. The lowest BCUT2D eigenvalue weighted by molar-refractivity contribution is 0.0533. The molecule has 156 valence electrons. The summed E-state index contributed by atoms with van der Waals surface area (Å²) in [5.74, 6) is -0.353. The van der Waals surface area contributed by atoms with Gasteiger partial charge < -0.3 is 14.8 Å². The lowest BCUT2D eigenvalue weighted by atomic mass is 10.1. The Kier molecular flexibility index (Phi) is 6.00. The maximum absolute atomic E-state index is 13.2. The highest BCUT2D eigenvalue weighted by molar-refractivity contribution is 7.18. The van der Waals surface area contributed by atoms with Crippen LogP contribution in [0.3, 0.4) is 0 Å². The van der Waals surface area contributed by atoms with Crippen LogP contribution in [0.25, 0.3) is 21.2 Å². The number of amides is 1. The predicted molar refractivity (Wildman–Crippen MR) is 124 cm³/mol. The maximum atomic E-state index is 13.2. The minimum atomic E-state index is -0.463. The second-order valence-electron chi connectivity index (χ2n) is 6.79. The van der Waals surface area contributed by atoms with Crippen LogP contribution >= 0.6 is 11.3 Å². The van der Waals surface area contributed by atoms with E-state index in [9.17, 15) is 9.59 Å². The lowest BCUT2D eigenvalue weighted by Gasteiger charge is -2.11. The van der Waals surface area contributed by atoms with Gasteiger partial charge in [0.25, 0.3) is 5.91 Å². The first-order valence-corrected chi connectivity index (χ1v) is 10.7. The molecule has 0 saturated carbocycles. The van der Waals surface area contributed by atoms with Crippen molar-refractivity contribution in [2.45, 2.75) is 6.92 Å². The van der Waals surface area contributed by atoms with Crippen LogP contribution in [0, 0.1) is 0 Å². The second kappa shape index (κ2) is 9.02. The number of anilines is 1. The predicted octanol–water partition coefficient (Wildman–Crippen LogP) is 6.01. The summed E-state index contributed by atoms with van der Waals surface area (Å²) in [6.45, 7) is 2.01. The second-order valence-corrected chi connectivity index (χ2v) is 7.85. The van der Waals surface area contributed by atoms with Crippen LogP contribution in [0.15, 0.2) is 72.8 Å². The number of esters is 1. The van der Waals surface area contributed by atoms with Gasteiger partial charge in [0.05, 0.1) is 25.0 Å². The molecule has 6 heteroatoms. The van der Waals surface area contributed by atoms with Crippen LogP contribution in [-0.2, 0) is 4.74 Å². The van der Waals surface area contributed by atoms with Gasteiger partial charge in [-0.1, -0.05) is 54.6 Å². The summed E-state index contributed by atoms with van der Waals surface area (Å²) in [5, 5.41) is 4.79. The van der Waals surface area contributed by atoms with Crippen molar-refractivity contribution >= 4 is 39.7 Å². The number of ether oxygens (including phenoxy) is 2. The number of nitrogens with one attached hydrogen (secondary N) is 1. The molecule has 1 N–H and O–H groups in total. The Bertz CT molecular complexity index is 1250. The fourth-order valence-corrected chi connectivity index (χ4v) is 4.35. The van der Waals surface area contributed by atoms with E-state index in [0.29, 0.717) is 21.9 Å². The highest BCUT2D eigenvalue weighted by Crippen LogP contribution is 2.36. The molecule has 4 aromatic rings. The van der Waals surface area contributed by atoms with E-state index in [4.69, 9.17) is 9.47 Å². The molecule has 0 aliphatic heterocycles. The van der Waals surface area contributed by atoms with E-state index in [-0.39, 0.29) is 12.5 Å². The highest BCUT2D eigenvalue weighted by atomic mass is 32.1. The first-order chi connectivity index (χ1) is 15.1. The zero-order chi connectivity index (χ0) is 21.8. The number of hydrogen-bond acceptors (Lipinski definition) is 5. The van der Waals surface area contributed by atoms with Gasteiger partial charge in [-0.2, -0.15) is 0 Å². The first kappa shape index (κ1) is 20.6. The van der Waals surface area contributed by atoms with Gasteiger partial charge in [-0.05, 0) is 41.5 Å². The van der Waals surface area contributed by atoms with Gasteiger partial charge >= 0.3 is 5.97 Å². The maximum Gasteiger partial charge on any atom is 0.350 e. The van der Waals surface area contributed by atoms with Gasteiger partial charge in [0, 0.05) is 4.88 Å². The third kappa shape index (κ3) is 4.29. The molecule has 0 aliphatic carbocycles. The molecule has 0 bridgehead atoms. The van der Waals surface area contributed by atoms with Crippen LogP contribution in [-0.4, -0.2) is 25.6 Å². The number of carbonyl (C=O) groups is 2. The van der Waals surface area contributed by atoms with Crippen molar-refractivity contribution in [1.29, 1.82) is 0 Å². The summed E-state index contributed by atoms with van der Waals surface area (Å²) in [5.41, 5.74) is 1.77. The molecule has 0 radical (unpaired) electrons. The molecule has 0 spiro atoms. The van der Waals surface area contributed by atoms with Crippen molar-refractivity contribution in [2.24, 2.45) is 0 Å². The van der Waals surface area contributed by atoms with Gasteiger partial charge in [-0.25, -0.2) is 4.79 Å². The van der Waals surface area contributed by atoms with Crippen LogP contribution in [0.2, 0.25) is 0 Å². The molecule has 1 heterocycles. The highest BCUT2D eigenvalue weighted by Gasteiger charge is 2.22. The molecule has 4 rings (SSSR count). The average molecular weight is 432 g/mol. The molecule has 5 nitrogen and oxygen atoms in total. The molecule has 1 amide bonds. The van der Waals surface area contributed by atoms with E-state index in [1.54, 1.807) is 19.1 Å².